The number of carbonyl (C=O) groups is 1. The molecular formula is C15H30N2O. The second-order valence-electron chi connectivity index (χ2n) is 6.35. The Hall–Kier alpha value is -0.570. The smallest absolute Gasteiger partial charge is 0.237 e. The quantitative estimate of drug-likeness (QED) is 0.792. The minimum absolute atomic E-state index is 0.0863. The van der Waals surface area contributed by atoms with Crippen LogP contribution in [-0.4, -0.2) is 24.0 Å². The van der Waals surface area contributed by atoms with Gasteiger partial charge in [-0.25, -0.2) is 0 Å². The predicted molar refractivity (Wildman–Crippen MR) is 76.5 cm³/mol. The van der Waals surface area contributed by atoms with Crippen molar-refractivity contribution in [3.8, 4) is 0 Å². The molecule has 3 heteroatoms. The molecule has 0 spiro atoms. The maximum Gasteiger partial charge on any atom is 0.237 e. The first-order valence-electron chi connectivity index (χ1n) is 7.48. The highest BCUT2D eigenvalue weighted by atomic mass is 16.2. The summed E-state index contributed by atoms with van der Waals surface area (Å²) in [4.78, 5) is 11.9. The number of rotatable bonds is 5. The van der Waals surface area contributed by atoms with Gasteiger partial charge in [0, 0.05) is 12.1 Å². The average Bonchev–Trinajstić information content (AvgIpc) is 2.28. The van der Waals surface area contributed by atoms with Crippen LogP contribution in [0, 0.1) is 11.8 Å². The molecule has 3 unspecified atom stereocenters. The van der Waals surface area contributed by atoms with E-state index in [0.717, 1.165) is 0 Å². The van der Waals surface area contributed by atoms with Crippen molar-refractivity contribution in [2.45, 2.75) is 78.4 Å². The summed E-state index contributed by atoms with van der Waals surface area (Å²) in [6.45, 7) is 10.6. The van der Waals surface area contributed by atoms with Crippen LogP contribution in [0.15, 0.2) is 0 Å². The molecular weight excluding hydrogens is 224 g/mol. The number of carbonyl (C=O) groups excluding carboxylic acids is 1. The SMILES string of the molecule is CC(C)NC(=O)C(C)NC1CCCCC1C(C)C. The molecule has 0 radical (unpaired) electrons. The molecule has 1 aliphatic carbocycles. The molecule has 1 fully saturated rings. The van der Waals surface area contributed by atoms with Crippen LogP contribution in [0.2, 0.25) is 0 Å². The highest BCUT2D eigenvalue weighted by Crippen LogP contribution is 2.30. The fourth-order valence-corrected chi connectivity index (χ4v) is 2.97. The van der Waals surface area contributed by atoms with E-state index in [1.54, 1.807) is 0 Å². The second-order valence-corrected chi connectivity index (χ2v) is 6.35. The minimum atomic E-state index is -0.0863. The van der Waals surface area contributed by atoms with E-state index in [4.69, 9.17) is 0 Å². The van der Waals surface area contributed by atoms with E-state index < -0.39 is 0 Å². The lowest BCUT2D eigenvalue weighted by Crippen LogP contribution is -2.51. The molecule has 3 atom stereocenters. The van der Waals surface area contributed by atoms with Gasteiger partial charge in [-0.05, 0) is 45.4 Å². The molecule has 0 aromatic rings. The molecule has 2 N–H and O–H groups in total. The normalized spacial score (nSPS) is 26.4. The fourth-order valence-electron chi connectivity index (χ4n) is 2.97. The van der Waals surface area contributed by atoms with Crippen LogP contribution < -0.4 is 10.6 Å². The van der Waals surface area contributed by atoms with Gasteiger partial charge in [-0.1, -0.05) is 26.7 Å². The molecule has 0 saturated heterocycles. The zero-order chi connectivity index (χ0) is 13.7. The third-order valence-corrected chi connectivity index (χ3v) is 3.96. The maximum absolute atomic E-state index is 11.9. The predicted octanol–water partition coefficient (Wildman–Crippen LogP) is 2.70. The first-order valence-corrected chi connectivity index (χ1v) is 7.48. The summed E-state index contributed by atoms with van der Waals surface area (Å²) < 4.78 is 0. The lowest BCUT2D eigenvalue weighted by molar-refractivity contribution is -0.123. The number of amides is 1. The number of hydrogen-bond donors (Lipinski definition) is 2. The Morgan fingerprint density at radius 1 is 1.06 bits per heavy atom. The zero-order valence-corrected chi connectivity index (χ0v) is 12.6. The largest absolute Gasteiger partial charge is 0.353 e. The zero-order valence-electron chi connectivity index (χ0n) is 12.6. The molecule has 0 aromatic carbocycles. The Morgan fingerprint density at radius 2 is 1.67 bits per heavy atom. The van der Waals surface area contributed by atoms with Crippen molar-refractivity contribution in [3.63, 3.8) is 0 Å². The highest BCUT2D eigenvalue weighted by Gasteiger charge is 2.29. The van der Waals surface area contributed by atoms with Crippen LogP contribution in [0.5, 0.6) is 0 Å². The van der Waals surface area contributed by atoms with Gasteiger partial charge in [-0.3, -0.25) is 4.79 Å². The molecule has 0 heterocycles. The molecule has 18 heavy (non-hydrogen) atoms. The first-order chi connectivity index (χ1) is 8.41. The van der Waals surface area contributed by atoms with E-state index in [2.05, 4.69) is 24.5 Å². The topological polar surface area (TPSA) is 41.1 Å². The molecule has 106 valence electrons. The van der Waals surface area contributed by atoms with Crippen molar-refractivity contribution >= 4 is 5.91 Å². The first kappa shape index (κ1) is 15.5. The molecule has 0 bridgehead atoms. The van der Waals surface area contributed by atoms with Crippen molar-refractivity contribution in [2.75, 3.05) is 0 Å². The monoisotopic (exact) mass is 254 g/mol. The van der Waals surface area contributed by atoms with Gasteiger partial charge in [0.2, 0.25) is 5.91 Å². The van der Waals surface area contributed by atoms with E-state index >= 15 is 0 Å². The molecule has 0 aromatic heterocycles. The van der Waals surface area contributed by atoms with E-state index in [9.17, 15) is 4.79 Å². The molecule has 1 aliphatic rings. The van der Waals surface area contributed by atoms with Gasteiger partial charge in [0.1, 0.15) is 0 Å². The van der Waals surface area contributed by atoms with Crippen LogP contribution in [-0.2, 0) is 4.79 Å². The number of hydrogen-bond acceptors (Lipinski definition) is 2. The minimum Gasteiger partial charge on any atom is -0.353 e. The Labute approximate surface area is 112 Å². The summed E-state index contributed by atoms with van der Waals surface area (Å²) in [7, 11) is 0. The lowest BCUT2D eigenvalue weighted by Gasteiger charge is -2.36. The summed E-state index contributed by atoms with van der Waals surface area (Å²) in [5.41, 5.74) is 0. The fraction of sp³-hybridized carbons (Fsp3) is 0.933. The van der Waals surface area contributed by atoms with Crippen molar-refractivity contribution < 1.29 is 4.79 Å². The standard InChI is InChI=1S/C15H30N2O/c1-10(2)13-8-6-7-9-14(13)17-12(5)15(18)16-11(3)4/h10-14,17H,6-9H2,1-5H3,(H,16,18). The van der Waals surface area contributed by atoms with E-state index in [1.165, 1.54) is 25.7 Å². The molecule has 1 amide bonds. The highest BCUT2D eigenvalue weighted by molar-refractivity contribution is 5.81. The van der Waals surface area contributed by atoms with E-state index in [-0.39, 0.29) is 18.0 Å². The summed E-state index contributed by atoms with van der Waals surface area (Å²) in [5.74, 6) is 1.54. The second kappa shape index (κ2) is 7.13. The van der Waals surface area contributed by atoms with Crippen LogP contribution in [0.1, 0.15) is 60.3 Å². The van der Waals surface area contributed by atoms with Gasteiger partial charge in [0.25, 0.3) is 0 Å². The summed E-state index contributed by atoms with van der Waals surface area (Å²) >= 11 is 0. The summed E-state index contributed by atoms with van der Waals surface area (Å²) in [6.07, 6.45) is 5.14. The van der Waals surface area contributed by atoms with Gasteiger partial charge < -0.3 is 10.6 Å². The van der Waals surface area contributed by atoms with Crippen molar-refractivity contribution in [3.05, 3.63) is 0 Å². The third-order valence-electron chi connectivity index (χ3n) is 3.96. The molecule has 1 saturated carbocycles. The van der Waals surface area contributed by atoms with E-state index in [0.29, 0.717) is 17.9 Å². The summed E-state index contributed by atoms with van der Waals surface area (Å²) in [5, 5.41) is 6.52. The Kier molecular flexibility index (Phi) is 6.13. The van der Waals surface area contributed by atoms with Crippen molar-refractivity contribution in [2.24, 2.45) is 11.8 Å². The Morgan fingerprint density at radius 3 is 2.22 bits per heavy atom. The van der Waals surface area contributed by atoms with Gasteiger partial charge in [0.05, 0.1) is 6.04 Å². The average molecular weight is 254 g/mol. The molecule has 0 aliphatic heterocycles. The summed E-state index contributed by atoms with van der Waals surface area (Å²) in [6, 6.07) is 0.636. The van der Waals surface area contributed by atoms with Gasteiger partial charge >= 0.3 is 0 Å². The van der Waals surface area contributed by atoms with Crippen molar-refractivity contribution in [1.82, 2.24) is 10.6 Å². The van der Waals surface area contributed by atoms with Crippen molar-refractivity contribution in [1.29, 1.82) is 0 Å². The van der Waals surface area contributed by atoms with Crippen LogP contribution in [0.25, 0.3) is 0 Å². The van der Waals surface area contributed by atoms with Gasteiger partial charge in [-0.2, -0.15) is 0 Å². The van der Waals surface area contributed by atoms with Gasteiger partial charge in [0.15, 0.2) is 0 Å². The lowest BCUT2D eigenvalue weighted by atomic mass is 9.77. The van der Waals surface area contributed by atoms with E-state index in [1.807, 2.05) is 20.8 Å². The number of nitrogens with one attached hydrogen (secondary N) is 2. The maximum atomic E-state index is 11.9. The van der Waals surface area contributed by atoms with Crippen LogP contribution >= 0.6 is 0 Å². The Balaban J connectivity index is 2.50. The van der Waals surface area contributed by atoms with Gasteiger partial charge in [-0.15, -0.1) is 0 Å². The molecule has 1 rings (SSSR count). The van der Waals surface area contributed by atoms with Crippen LogP contribution in [0.3, 0.4) is 0 Å². The van der Waals surface area contributed by atoms with Crippen LogP contribution in [0.4, 0.5) is 0 Å². The third kappa shape index (κ3) is 4.60. The Bertz CT molecular complexity index is 263. The molecule has 3 nitrogen and oxygen atoms in total.